The molecule has 0 atom stereocenters. The summed E-state index contributed by atoms with van der Waals surface area (Å²) < 4.78 is 5.00. The van der Waals surface area contributed by atoms with Gasteiger partial charge in [-0.05, 0) is 24.0 Å². The average Bonchev–Trinajstić information content (AvgIpc) is 2.50. The molecule has 0 saturated heterocycles. The van der Waals surface area contributed by atoms with Crippen molar-refractivity contribution in [1.29, 1.82) is 0 Å². The van der Waals surface area contributed by atoms with Gasteiger partial charge < -0.3 is 14.7 Å². The number of rotatable bonds is 10. The molecule has 1 amide bonds. The lowest BCUT2D eigenvalue weighted by atomic mass is 10.0. The Morgan fingerprint density at radius 2 is 1.86 bits per heavy atom. The third-order valence-corrected chi connectivity index (χ3v) is 3.49. The van der Waals surface area contributed by atoms with E-state index in [1.54, 1.807) is 12.0 Å². The minimum atomic E-state index is -0.0224. The van der Waals surface area contributed by atoms with E-state index in [-0.39, 0.29) is 12.5 Å². The molecule has 0 aliphatic rings. The van der Waals surface area contributed by atoms with E-state index in [0.717, 1.165) is 12.0 Å². The predicted octanol–water partition coefficient (Wildman–Crippen LogP) is 2.04. The van der Waals surface area contributed by atoms with Crippen LogP contribution in [0.2, 0.25) is 0 Å². The van der Waals surface area contributed by atoms with Crippen molar-refractivity contribution in [2.75, 3.05) is 33.4 Å². The summed E-state index contributed by atoms with van der Waals surface area (Å²) in [5, 5.41) is 9.04. The number of benzene rings is 1. The number of nitrogens with zero attached hydrogens (tertiary/aromatic N) is 1. The quantitative estimate of drug-likeness (QED) is 0.718. The molecule has 0 heterocycles. The molecule has 118 valence electrons. The number of amides is 1. The van der Waals surface area contributed by atoms with Crippen molar-refractivity contribution in [3.63, 3.8) is 0 Å². The molecular weight excluding hydrogens is 266 g/mol. The van der Waals surface area contributed by atoms with Gasteiger partial charge in [-0.15, -0.1) is 0 Å². The van der Waals surface area contributed by atoms with Gasteiger partial charge in [0.1, 0.15) is 0 Å². The van der Waals surface area contributed by atoms with Crippen LogP contribution in [-0.2, 0) is 22.4 Å². The Labute approximate surface area is 127 Å². The number of aryl methyl sites for hydroxylation is 1. The Balaban J connectivity index is 2.54. The van der Waals surface area contributed by atoms with Crippen molar-refractivity contribution < 1.29 is 14.6 Å². The monoisotopic (exact) mass is 293 g/mol. The molecule has 0 unspecified atom stereocenters. The van der Waals surface area contributed by atoms with Crippen molar-refractivity contribution in [2.24, 2.45) is 0 Å². The van der Waals surface area contributed by atoms with Crippen LogP contribution in [0.15, 0.2) is 24.3 Å². The van der Waals surface area contributed by atoms with Gasteiger partial charge in [0.15, 0.2) is 0 Å². The van der Waals surface area contributed by atoms with E-state index in [1.165, 1.54) is 18.4 Å². The summed E-state index contributed by atoms with van der Waals surface area (Å²) in [5.74, 6) is 0.0300. The smallest absolute Gasteiger partial charge is 0.227 e. The topological polar surface area (TPSA) is 49.8 Å². The van der Waals surface area contributed by atoms with Crippen LogP contribution >= 0.6 is 0 Å². The Morgan fingerprint density at radius 1 is 1.19 bits per heavy atom. The van der Waals surface area contributed by atoms with Gasteiger partial charge in [-0.3, -0.25) is 4.79 Å². The molecule has 4 heteroatoms. The molecule has 0 fully saturated rings. The van der Waals surface area contributed by atoms with Gasteiger partial charge in [-0.1, -0.05) is 37.6 Å². The van der Waals surface area contributed by atoms with Crippen LogP contribution in [0.4, 0.5) is 0 Å². The molecule has 0 saturated carbocycles. The van der Waals surface area contributed by atoms with E-state index in [2.05, 4.69) is 19.1 Å². The lowest BCUT2D eigenvalue weighted by molar-refractivity contribution is -0.131. The minimum Gasteiger partial charge on any atom is -0.395 e. The standard InChI is InChI=1S/C17H27NO3/c1-3-4-5-15-6-8-16(9-7-15)14-17(20)18(10-12-19)11-13-21-2/h6-9,19H,3-5,10-14H2,1-2H3. The SMILES string of the molecule is CCCCc1ccc(CC(=O)N(CCO)CCOC)cc1. The third kappa shape index (κ3) is 6.74. The second-order valence-electron chi connectivity index (χ2n) is 5.19. The summed E-state index contributed by atoms with van der Waals surface area (Å²) in [5.41, 5.74) is 2.33. The number of carbonyl (C=O) groups is 1. The summed E-state index contributed by atoms with van der Waals surface area (Å²) in [6, 6.07) is 8.25. The molecule has 0 aliphatic heterocycles. The molecule has 21 heavy (non-hydrogen) atoms. The normalized spacial score (nSPS) is 10.6. The fraction of sp³-hybridized carbons (Fsp3) is 0.588. The Morgan fingerprint density at radius 3 is 2.43 bits per heavy atom. The van der Waals surface area contributed by atoms with Gasteiger partial charge in [0, 0.05) is 20.2 Å². The van der Waals surface area contributed by atoms with E-state index in [1.807, 2.05) is 12.1 Å². The van der Waals surface area contributed by atoms with E-state index < -0.39 is 0 Å². The first-order valence-electron chi connectivity index (χ1n) is 7.66. The maximum atomic E-state index is 12.2. The van der Waals surface area contributed by atoms with Crippen molar-refractivity contribution in [2.45, 2.75) is 32.6 Å². The largest absolute Gasteiger partial charge is 0.395 e. The van der Waals surface area contributed by atoms with Crippen LogP contribution in [0.5, 0.6) is 0 Å². The summed E-state index contributed by atoms with van der Waals surface area (Å²) >= 11 is 0. The Kier molecular flexibility index (Phi) is 8.71. The predicted molar refractivity (Wildman–Crippen MR) is 84.3 cm³/mol. The molecular formula is C17H27NO3. The highest BCUT2D eigenvalue weighted by Gasteiger charge is 2.13. The zero-order chi connectivity index (χ0) is 15.5. The number of ether oxygens (including phenoxy) is 1. The molecule has 4 nitrogen and oxygen atoms in total. The molecule has 0 aliphatic carbocycles. The first kappa shape index (κ1) is 17.7. The van der Waals surface area contributed by atoms with Crippen molar-refractivity contribution in [3.05, 3.63) is 35.4 Å². The lowest BCUT2D eigenvalue weighted by Crippen LogP contribution is -2.37. The van der Waals surface area contributed by atoms with Gasteiger partial charge in [-0.2, -0.15) is 0 Å². The number of methoxy groups -OCH3 is 1. The van der Waals surface area contributed by atoms with Crippen LogP contribution in [0, 0.1) is 0 Å². The number of unbranched alkanes of at least 4 members (excludes halogenated alkanes) is 1. The number of aliphatic hydroxyl groups excluding tert-OH is 1. The van der Waals surface area contributed by atoms with Crippen LogP contribution in [-0.4, -0.2) is 49.3 Å². The van der Waals surface area contributed by atoms with Crippen molar-refractivity contribution in [3.8, 4) is 0 Å². The number of carbonyl (C=O) groups excluding carboxylic acids is 1. The highest BCUT2D eigenvalue weighted by atomic mass is 16.5. The van der Waals surface area contributed by atoms with E-state index in [4.69, 9.17) is 9.84 Å². The van der Waals surface area contributed by atoms with Crippen LogP contribution in [0.3, 0.4) is 0 Å². The molecule has 1 N–H and O–H groups in total. The maximum absolute atomic E-state index is 12.2. The van der Waals surface area contributed by atoms with E-state index in [9.17, 15) is 4.79 Å². The van der Waals surface area contributed by atoms with Gasteiger partial charge in [-0.25, -0.2) is 0 Å². The van der Waals surface area contributed by atoms with Crippen LogP contribution in [0.25, 0.3) is 0 Å². The molecule has 0 spiro atoms. The molecule has 1 aromatic rings. The lowest BCUT2D eigenvalue weighted by Gasteiger charge is -2.21. The van der Waals surface area contributed by atoms with Crippen LogP contribution in [0.1, 0.15) is 30.9 Å². The summed E-state index contributed by atoms with van der Waals surface area (Å²) in [4.78, 5) is 13.9. The van der Waals surface area contributed by atoms with E-state index in [0.29, 0.717) is 26.1 Å². The molecule has 0 bridgehead atoms. The zero-order valence-corrected chi connectivity index (χ0v) is 13.2. The fourth-order valence-electron chi connectivity index (χ4n) is 2.17. The minimum absolute atomic E-state index is 0.0224. The van der Waals surface area contributed by atoms with Crippen molar-refractivity contribution in [1.82, 2.24) is 4.90 Å². The highest BCUT2D eigenvalue weighted by molar-refractivity contribution is 5.78. The second kappa shape index (κ2) is 10.4. The molecule has 0 radical (unpaired) electrons. The van der Waals surface area contributed by atoms with Gasteiger partial charge in [0.2, 0.25) is 5.91 Å². The maximum Gasteiger partial charge on any atom is 0.227 e. The van der Waals surface area contributed by atoms with Gasteiger partial charge in [0.05, 0.1) is 19.6 Å². The molecule has 0 aromatic heterocycles. The number of hydrogen-bond donors (Lipinski definition) is 1. The van der Waals surface area contributed by atoms with Gasteiger partial charge >= 0.3 is 0 Å². The summed E-state index contributed by atoms with van der Waals surface area (Å²) in [7, 11) is 1.61. The fourth-order valence-corrected chi connectivity index (χ4v) is 2.17. The Bertz CT molecular complexity index is 403. The second-order valence-corrected chi connectivity index (χ2v) is 5.19. The summed E-state index contributed by atoms with van der Waals surface area (Å²) in [6.07, 6.45) is 3.85. The zero-order valence-electron chi connectivity index (χ0n) is 13.2. The van der Waals surface area contributed by atoms with Gasteiger partial charge in [0.25, 0.3) is 0 Å². The molecule has 1 aromatic carbocycles. The summed E-state index contributed by atoms with van der Waals surface area (Å²) in [6.45, 7) is 3.52. The average molecular weight is 293 g/mol. The van der Waals surface area contributed by atoms with Crippen molar-refractivity contribution >= 4 is 5.91 Å². The number of hydrogen-bond acceptors (Lipinski definition) is 3. The molecule has 1 rings (SSSR count). The Hall–Kier alpha value is -1.39. The van der Waals surface area contributed by atoms with Crippen LogP contribution < -0.4 is 0 Å². The first-order chi connectivity index (χ1) is 10.2. The third-order valence-electron chi connectivity index (χ3n) is 3.49. The van der Waals surface area contributed by atoms with E-state index >= 15 is 0 Å². The number of aliphatic hydroxyl groups is 1. The first-order valence-corrected chi connectivity index (χ1v) is 7.66. The highest BCUT2D eigenvalue weighted by Crippen LogP contribution is 2.09.